The molecule has 0 aliphatic heterocycles. The lowest BCUT2D eigenvalue weighted by atomic mass is 9.85. The lowest BCUT2D eigenvalue weighted by molar-refractivity contribution is -0.131. The second-order valence-corrected chi connectivity index (χ2v) is 4.60. The van der Waals surface area contributed by atoms with Gasteiger partial charge in [-0.15, -0.1) is 0 Å². The van der Waals surface area contributed by atoms with Gasteiger partial charge >= 0.3 is 0 Å². The van der Waals surface area contributed by atoms with E-state index >= 15 is 0 Å². The highest BCUT2D eigenvalue weighted by atomic mass is 16.5. The molecule has 4 nitrogen and oxygen atoms in total. The Bertz CT molecular complexity index is 345. The van der Waals surface area contributed by atoms with E-state index < -0.39 is 0 Å². The van der Waals surface area contributed by atoms with E-state index in [-0.39, 0.29) is 12.2 Å². The molecule has 1 aliphatic rings. The second kappa shape index (κ2) is 6.83. The van der Waals surface area contributed by atoms with Crippen LogP contribution in [0.25, 0.3) is 0 Å². The van der Waals surface area contributed by atoms with Crippen molar-refractivity contribution in [3.63, 3.8) is 0 Å². The normalized spacial score (nSPS) is 26.9. The van der Waals surface area contributed by atoms with Crippen LogP contribution in [-0.2, 0) is 15.9 Å². The third-order valence-corrected chi connectivity index (χ3v) is 3.45. The fourth-order valence-corrected chi connectivity index (χ4v) is 2.42. The van der Waals surface area contributed by atoms with Crippen molar-refractivity contribution in [2.24, 2.45) is 0 Å². The summed E-state index contributed by atoms with van der Waals surface area (Å²) in [5, 5.41) is 3.52. The van der Waals surface area contributed by atoms with Gasteiger partial charge in [0.2, 0.25) is 0 Å². The minimum absolute atomic E-state index is 0.193. The number of ether oxygens (including phenoxy) is 2. The van der Waals surface area contributed by atoms with Gasteiger partial charge in [0.1, 0.15) is 0 Å². The van der Waals surface area contributed by atoms with E-state index in [4.69, 9.17) is 9.47 Å². The van der Waals surface area contributed by atoms with Crippen molar-refractivity contribution >= 4 is 0 Å². The molecule has 3 unspecified atom stereocenters. The Hall–Kier alpha value is -0.970. The molecule has 1 aromatic heterocycles. The van der Waals surface area contributed by atoms with Crippen LogP contribution < -0.4 is 5.32 Å². The molecule has 3 atom stereocenters. The summed E-state index contributed by atoms with van der Waals surface area (Å²) >= 11 is 0. The van der Waals surface area contributed by atoms with Crippen molar-refractivity contribution in [1.82, 2.24) is 10.3 Å². The van der Waals surface area contributed by atoms with E-state index in [1.165, 1.54) is 5.56 Å². The highest BCUT2D eigenvalue weighted by Gasteiger charge is 2.41. The van der Waals surface area contributed by atoms with Crippen LogP contribution >= 0.6 is 0 Å². The summed E-state index contributed by atoms with van der Waals surface area (Å²) in [4.78, 5) is 4.11. The topological polar surface area (TPSA) is 43.4 Å². The molecule has 0 amide bonds. The highest BCUT2D eigenvalue weighted by molar-refractivity contribution is 5.09. The maximum Gasteiger partial charge on any atom is 0.0986 e. The average Bonchev–Trinajstić information content (AvgIpc) is 2.38. The van der Waals surface area contributed by atoms with Crippen molar-refractivity contribution in [3.8, 4) is 0 Å². The molecule has 4 heteroatoms. The van der Waals surface area contributed by atoms with Crippen LogP contribution in [0.2, 0.25) is 0 Å². The summed E-state index contributed by atoms with van der Waals surface area (Å²) in [7, 11) is 1.76. The standard InChI is InChI=1S/C14H22N2O2/c1-3-18-13-9-12(14(13)17-2)16-8-6-11-5-4-7-15-10-11/h4-5,7,10,12-14,16H,3,6,8-9H2,1-2H3. The third-order valence-electron chi connectivity index (χ3n) is 3.45. The largest absolute Gasteiger partial charge is 0.377 e. The van der Waals surface area contributed by atoms with Crippen LogP contribution in [0.5, 0.6) is 0 Å². The van der Waals surface area contributed by atoms with Crippen LogP contribution in [0.15, 0.2) is 24.5 Å². The third kappa shape index (κ3) is 3.28. The molecule has 0 spiro atoms. The van der Waals surface area contributed by atoms with Crippen LogP contribution in [0.1, 0.15) is 18.9 Å². The van der Waals surface area contributed by atoms with E-state index in [1.54, 1.807) is 13.3 Å². The zero-order chi connectivity index (χ0) is 12.8. The molecule has 1 N–H and O–H groups in total. The summed E-state index contributed by atoms with van der Waals surface area (Å²) in [5.74, 6) is 0. The van der Waals surface area contributed by atoms with Gasteiger partial charge in [-0.1, -0.05) is 6.07 Å². The number of nitrogens with one attached hydrogen (secondary N) is 1. The average molecular weight is 250 g/mol. The SMILES string of the molecule is CCOC1CC(NCCc2cccnc2)C1OC. The van der Waals surface area contributed by atoms with E-state index in [1.807, 2.05) is 19.2 Å². The van der Waals surface area contributed by atoms with Crippen LogP contribution in [0, 0.1) is 0 Å². The molecule has 1 saturated carbocycles. The lowest BCUT2D eigenvalue weighted by Gasteiger charge is -2.43. The van der Waals surface area contributed by atoms with Crippen LogP contribution in [-0.4, -0.2) is 43.5 Å². The van der Waals surface area contributed by atoms with Crippen molar-refractivity contribution in [2.45, 2.75) is 38.0 Å². The number of rotatable bonds is 7. The highest BCUT2D eigenvalue weighted by Crippen LogP contribution is 2.26. The summed E-state index contributed by atoms with van der Waals surface area (Å²) in [5.41, 5.74) is 1.26. The van der Waals surface area contributed by atoms with Gasteiger partial charge in [-0.3, -0.25) is 4.98 Å². The zero-order valence-corrected chi connectivity index (χ0v) is 11.1. The molecule has 0 bridgehead atoms. The zero-order valence-electron chi connectivity index (χ0n) is 11.1. The van der Waals surface area contributed by atoms with Crippen molar-refractivity contribution in [2.75, 3.05) is 20.3 Å². The van der Waals surface area contributed by atoms with Crippen LogP contribution in [0.3, 0.4) is 0 Å². The first kappa shape index (κ1) is 13.5. The summed E-state index contributed by atoms with van der Waals surface area (Å²) < 4.78 is 11.1. The Kier molecular flexibility index (Phi) is 5.11. The number of methoxy groups -OCH3 is 1. The maximum absolute atomic E-state index is 5.60. The first-order chi connectivity index (χ1) is 8.85. The molecule has 2 rings (SSSR count). The fourth-order valence-electron chi connectivity index (χ4n) is 2.42. The number of aromatic nitrogens is 1. The Labute approximate surface area is 109 Å². The Morgan fingerprint density at radius 1 is 1.50 bits per heavy atom. The lowest BCUT2D eigenvalue weighted by Crippen LogP contribution is -2.60. The predicted molar refractivity (Wildman–Crippen MR) is 70.6 cm³/mol. The Morgan fingerprint density at radius 3 is 3.06 bits per heavy atom. The van der Waals surface area contributed by atoms with Gasteiger partial charge in [0.05, 0.1) is 12.2 Å². The van der Waals surface area contributed by atoms with Gasteiger partial charge in [-0.25, -0.2) is 0 Å². The number of pyridine rings is 1. The van der Waals surface area contributed by atoms with Gasteiger partial charge in [0.15, 0.2) is 0 Å². The molecule has 0 saturated heterocycles. The molecule has 0 aromatic carbocycles. The number of hydrogen-bond donors (Lipinski definition) is 1. The van der Waals surface area contributed by atoms with Crippen molar-refractivity contribution in [1.29, 1.82) is 0 Å². The molecule has 1 aromatic rings. The molecule has 1 fully saturated rings. The van der Waals surface area contributed by atoms with E-state index in [9.17, 15) is 0 Å². The first-order valence-electron chi connectivity index (χ1n) is 6.61. The second-order valence-electron chi connectivity index (χ2n) is 4.60. The monoisotopic (exact) mass is 250 g/mol. The maximum atomic E-state index is 5.60. The fraction of sp³-hybridized carbons (Fsp3) is 0.643. The van der Waals surface area contributed by atoms with Gasteiger partial charge in [0, 0.05) is 32.2 Å². The molecular formula is C14H22N2O2. The van der Waals surface area contributed by atoms with Gasteiger partial charge in [-0.05, 0) is 37.9 Å². The molecular weight excluding hydrogens is 228 g/mol. The Morgan fingerprint density at radius 2 is 2.39 bits per heavy atom. The van der Waals surface area contributed by atoms with E-state index in [0.29, 0.717) is 6.04 Å². The summed E-state index contributed by atoms with van der Waals surface area (Å²) in [6.45, 7) is 3.73. The first-order valence-corrected chi connectivity index (χ1v) is 6.61. The molecule has 1 aliphatic carbocycles. The van der Waals surface area contributed by atoms with Gasteiger partial charge in [-0.2, -0.15) is 0 Å². The van der Waals surface area contributed by atoms with Crippen LogP contribution in [0.4, 0.5) is 0 Å². The van der Waals surface area contributed by atoms with E-state index in [2.05, 4.69) is 16.4 Å². The molecule has 18 heavy (non-hydrogen) atoms. The van der Waals surface area contributed by atoms with Crippen molar-refractivity contribution in [3.05, 3.63) is 30.1 Å². The van der Waals surface area contributed by atoms with Crippen molar-refractivity contribution < 1.29 is 9.47 Å². The molecule has 100 valence electrons. The summed E-state index contributed by atoms with van der Waals surface area (Å²) in [6, 6.07) is 4.50. The number of nitrogens with zero attached hydrogens (tertiary/aromatic N) is 1. The molecule has 0 radical (unpaired) electrons. The van der Waals surface area contributed by atoms with Gasteiger partial charge < -0.3 is 14.8 Å². The molecule has 1 heterocycles. The predicted octanol–water partition coefficient (Wildman–Crippen LogP) is 1.41. The quantitative estimate of drug-likeness (QED) is 0.794. The minimum Gasteiger partial charge on any atom is -0.377 e. The van der Waals surface area contributed by atoms with Gasteiger partial charge in [0.25, 0.3) is 0 Å². The smallest absolute Gasteiger partial charge is 0.0986 e. The number of hydrogen-bond acceptors (Lipinski definition) is 4. The Balaban J connectivity index is 1.69. The summed E-state index contributed by atoms with van der Waals surface area (Å²) in [6.07, 6.45) is 6.21. The van der Waals surface area contributed by atoms with E-state index in [0.717, 1.165) is 26.0 Å². The minimum atomic E-state index is 0.193.